The van der Waals surface area contributed by atoms with Gasteiger partial charge in [0.25, 0.3) is 0 Å². The summed E-state index contributed by atoms with van der Waals surface area (Å²) < 4.78 is 0. The molecule has 29 heteroatoms. The molecule has 125 heavy (non-hydrogen) atoms. The molecule has 0 aromatic rings. The van der Waals surface area contributed by atoms with Gasteiger partial charge < -0.3 is 0 Å². The summed E-state index contributed by atoms with van der Waals surface area (Å²) in [5.41, 5.74) is 0. The molecule has 0 saturated carbocycles. The first-order chi connectivity index (χ1) is 59.5. The first-order valence-corrected chi connectivity index (χ1v) is 104. The molecule has 0 bridgehead atoms. The lowest BCUT2D eigenvalue weighted by Crippen LogP contribution is -2.40. The van der Waals surface area contributed by atoms with Gasteiger partial charge in [-0.15, -0.1) is 0 Å². The molecule has 0 N–H and O–H groups in total. The molecule has 752 valence electrons. The monoisotopic (exact) mass is 2250 g/mol. The van der Waals surface area contributed by atoms with Gasteiger partial charge in [0.1, 0.15) is 0 Å². The quantitative estimate of drug-likeness (QED) is 0.0207. The van der Waals surface area contributed by atoms with E-state index in [-0.39, 0.29) is 0 Å². The van der Waals surface area contributed by atoms with Crippen LogP contribution in [0.25, 0.3) is 0 Å². The summed E-state index contributed by atoms with van der Waals surface area (Å²) in [7, 11) is -19.7. The van der Waals surface area contributed by atoms with E-state index in [2.05, 4.69) is 78.6 Å². The van der Waals surface area contributed by atoms with Gasteiger partial charge in [-0.1, -0.05) is 397 Å². The maximum absolute atomic E-state index is 4.88. The molecule has 0 spiro atoms. The molecule has 0 heterocycles. The van der Waals surface area contributed by atoms with Crippen molar-refractivity contribution in [2.75, 3.05) is 92.0 Å². The molecule has 0 aliphatic heterocycles. The second kappa shape index (κ2) is 78.7. The SMILES string of the molecule is C[Si](CCCS)(CCCS)CCC[Si](C)(CCC[Si](C)(CCCS)CCCS)CCC[Si](CCC[Si](C)(CCC[Si](C)(CCCS)CCCS)CCC[Si](C)(CCCS)CCCS)(CCC[Si](C)(CCC[Si](C)(CCCS)CCCS)CCC[Si](C)(CCCS)CCCS)CCC[Si](C)(CCC[Si](C)(CCCS)CCCS)CCC[Si](C)(CCCS)CCCS. The fourth-order valence-electron chi connectivity index (χ4n) is 24.4. The minimum atomic E-state index is -1.90. The lowest BCUT2D eigenvalue weighted by atomic mass is 10.5. The Labute approximate surface area is 888 Å². The average molecular weight is 2250 g/mol. The Kier molecular flexibility index (Phi) is 84.1. The van der Waals surface area contributed by atoms with E-state index in [1.54, 1.807) is 171 Å². The van der Waals surface area contributed by atoms with Crippen LogP contribution in [0, 0.1) is 0 Å². The minimum Gasteiger partial charge on any atom is -0.179 e. The summed E-state index contributed by atoms with van der Waals surface area (Å²) >= 11 is 78.1. The molecule has 0 nitrogen and oxygen atoms in total. The van der Waals surface area contributed by atoms with Crippen molar-refractivity contribution in [1.82, 2.24) is 0 Å². The highest BCUT2D eigenvalue weighted by Gasteiger charge is 2.42. The van der Waals surface area contributed by atoms with Gasteiger partial charge in [0.15, 0.2) is 0 Å². The third-order valence-electron chi connectivity index (χ3n) is 33.5. The van der Waals surface area contributed by atoms with E-state index in [4.69, 9.17) is 202 Å². The largest absolute Gasteiger partial charge is 0.179 e. The molecule has 0 aromatic heterocycles. The number of thiol groups is 16. The highest BCUT2D eigenvalue weighted by molar-refractivity contribution is 7.82. The molecule has 0 aliphatic rings. The topological polar surface area (TPSA) is 0 Å². The van der Waals surface area contributed by atoms with Crippen molar-refractivity contribution in [3.63, 3.8) is 0 Å². The molecular formula is C96H220S16Si13. The zero-order valence-corrected chi connectivity index (χ0v) is 112. The molecule has 0 amide bonds. The van der Waals surface area contributed by atoms with Crippen LogP contribution in [-0.4, -0.2) is 197 Å². The second-order valence-corrected chi connectivity index (χ2v) is 120. The van der Waals surface area contributed by atoms with Gasteiger partial charge in [0.05, 0.1) is 105 Å². The molecule has 0 radical (unpaired) electrons. The average Bonchev–Trinajstić information content (AvgIpc) is 0.811. The minimum absolute atomic E-state index is 1.05. The van der Waals surface area contributed by atoms with E-state index >= 15 is 0 Å². The zero-order chi connectivity index (χ0) is 93.9. The van der Waals surface area contributed by atoms with E-state index in [1.165, 1.54) is 251 Å². The molecule has 0 rings (SSSR count). The van der Waals surface area contributed by atoms with Crippen LogP contribution < -0.4 is 0 Å². The first kappa shape index (κ1) is 133. The third kappa shape index (κ3) is 66.2. The van der Waals surface area contributed by atoms with E-state index in [9.17, 15) is 0 Å². The highest BCUT2D eigenvalue weighted by Crippen LogP contribution is 2.46. The Morgan fingerprint density at radius 1 is 0.0880 bits per heavy atom. The normalized spacial score (nSPS) is 13.7. The predicted molar refractivity (Wildman–Crippen MR) is 688 cm³/mol. The maximum atomic E-state index is 4.88. The fourth-order valence-corrected chi connectivity index (χ4v) is 87.3. The van der Waals surface area contributed by atoms with Crippen LogP contribution in [0.5, 0.6) is 0 Å². The first-order valence-electron chi connectivity index (χ1n) is 53.2. The van der Waals surface area contributed by atoms with E-state index in [0.29, 0.717) is 0 Å². The van der Waals surface area contributed by atoms with Crippen LogP contribution in [0.15, 0.2) is 0 Å². The second-order valence-electron chi connectivity index (χ2n) is 46.7. The molecule has 0 aliphatic carbocycles. The zero-order valence-electron chi connectivity index (χ0n) is 85.1. The van der Waals surface area contributed by atoms with Gasteiger partial charge in [-0.3, -0.25) is 0 Å². The van der Waals surface area contributed by atoms with Crippen molar-refractivity contribution in [3.05, 3.63) is 0 Å². The van der Waals surface area contributed by atoms with Crippen molar-refractivity contribution in [2.45, 2.75) is 500 Å². The summed E-state index contributed by atoms with van der Waals surface area (Å²) in [4.78, 5) is 0. The van der Waals surface area contributed by atoms with E-state index in [1.807, 2.05) is 0 Å². The third-order valence-corrected chi connectivity index (χ3v) is 100. The Morgan fingerprint density at radius 2 is 0.144 bits per heavy atom. The van der Waals surface area contributed by atoms with Crippen molar-refractivity contribution >= 4 is 307 Å². The molecular weight excluding hydrogens is 2030 g/mol. The Bertz CT molecular complexity index is 1960. The number of hydrogen-bond acceptors (Lipinski definition) is 16. The van der Waals surface area contributed by atoms with E-state index in [0.717, 1.165) is 92.0 Å². The Morgan fingerprint density at radius 3 is 0.208 bits per heavy atom. The van der Waals surface area contributed by atoms with Gasteiger partial charge in [-0.2, -0.15) is 202 Å². The smallest absolute Gasteiger partial charge is 0.0535 e. The Balaban J connectivity index is 9.54. The van der Waals surface area contributed by atoms with Crippen LogP contribution in [0.1, 0.15) is 180 Å². The molecule has 0 saturated heterocycles. The van der Waals surface area contributed by atoms with E-state index < -0.39 is 105 Å². The van der Waals surface area contributed by atoms with Gasteiger partial charge in [-0.05, 0) is 195 Å². The van der Waals surface area contributed by atoms with Gasteiger partial charge >= 0.3 is 0 Å². The summed E-state index contributed by atoms with van der Waals surface area (Å²) in [5.74, 6) is 16.8. The van der Waals surface area contributed by atoms with Crippen molar-refractivity contribution < 1.29 is 0 Å². The number of rotatable bonds is 96. The standard InChI is InChI=1S/C96H220S16Si13/c1-113(57-13-41-97,58-14-42-98)73-29-81-121(9,82-30-74-114(2,59-15-43-99)60-16-44-100)89-37-93-125(94-38-90-122(10,83-31-75-115(3,61-17-45-101)62-18-46-102)84-32-76-116(4,63-19-47-103)64-20-48-104,95-39-91-123(11,85-33-77-117(5,65-21-49-105)66-22-50-106)86-34-78-118(6,67-23-51-107)68-24-52-108)96-40-92-124(12,87-35-79-119(7,69-25-53-109)70-26-54-110)88-36-80-120(8,71-27-55-111)72-28-56-112/h97-112H,13-96H2,1-12H3. The summed E-state index contributed by atoms with van der Waals surface area (Å²) in [6.07, 6.45) is 39.2. The fraction of sp³-hybridized carbons (Fsp3) is 1.00. The van der Waals surface area contributed by atoms with Crippen molar-refractivity contribution in [1.29, 1.82) is 0 Å². The van der Waals surface area contributed by atoms with Crippen molar-refractivity contribution in [3.8, 4) is 0 Å². The van der Waals surface area contributed by atoms with Gasteiger partial charge in [0.2, 0.25) is 0 Å². The van der Waals surface area contributed by atoms with Crippen LogP contribution >= 0.6 is 202 Å². The van der Waals surface area contributed by atoms with Crippen LogP contribution in [0.3, 0.4) is 0 Å². The molecule has 0 fully saturated rings. The summed E-state index contributed by atoms with van der Waals surface area (Å²) in [6.45, 7) is 34.8. The molecule has 0 unspecified atom stereocenters. The van der Waals surface area contributed by atoms with Crippen LogP contribution in [-0.2, 0) is 0 Å². The summed E-state index contributed by atoms with van der Waals surface area (Å²) in [6, 6.07) is 61.5. The van der Waals surface area contributed by atoms with Crippen molar-refractivity contribution in [2.24, 2.45) is 0 Å². The summed E-state index contributed by atoms with van der Waals surface area (Å²) in [5, 5.41) is 0. The molecule has 0 atom stereocenters. The lowest BCUT2D eigenvalue weighted by Gasteiger charge is -2.39. The van der Waals surface area contributed by atoms with Gasteiger partial charge in [-0.25, -0.2) is 0 Å². The Hall–Kier alpha value is 8.42. The van der Waals surface area contributed by atoms with Crippen LogP contribution in [0.4, 0.5) is 0 Å². The molecule has 0 aromatic carbocycles. The maximum Gasteiger partial charge on any atom is 0.0535 e. The predicted octanol–water partition coefficient (Wildman–Crippen LogP) is 38.2. The lowest BCUT2D eigenvalue weighted by molar-refractivity contribution is 0.829. The highest BCUT2D eigenvalue weighted by atomic mass is 32.1. The number of hydrogen-bond donors (Lipinski definition) is 16. The van der Waals surface area contributed by atoms with Gasteiger partial charge in [0, 0.05) is 0 Å². The van der Waals surface area contributed by atoms with Crippen LogP contribution in [0.2, 0.25) is 320 Å².